The summed E-state index contributed by atoms with van der Waals surface area (Å²) in [6.07, 6.45) is 5.57. The van der Waals surface area contributed by atoms with Crippen molar-refractivity contribution in [3.8, 4) is 0 Å². The number of hydrogen-bond donors (Lipinski definition) is 0. The summed E-state index contributed by atoms with van der Waals surface area (Å²) < 4.78 is 0. The maximum atomic E-state index is 12.9. The van der Waals surface area contributed by atoms with Gasteiger partial charge in [0.2, 0.25) is 11.8 Å². The van der Waals surface area contributed by atoms with E-state index in [2.05, 4.69) is 12.2 Å². The molecule has 1 saturated heterocycles. The van der Waals surface area contributed by atoms with Crippen LogP contribution in [0, 0.1) is 42.4 Å². The average molecular weight is 314 g/mol. The van der Waals surface area contributed by atoms with Crippen LogP contribution in [0.25, 0.3) is 0 Å². The summed E-state index contributed by atoms with van der Waals surface area (Å²) in [5.41, 5.74) is 1.57. The standard InChI is InChI=1S/C18H16ClNO2/c1-8-2-3-9(6-14(8)19)20-17(21)15-10-4-5-11(13-7-12(10)13)16(15)18(20)22/h2-6,10-13,15-16H,7H2,1H3/t10-,11+,12-,13+,15-,16+. The number of benzene rings is 1. The Balaban J connectivity index is 1.58. The van der Waals surface area contributed by atoms with Gasteiger partial charge in [0.15, 0.2) is 0 Å². The lowest BCUT2D eigenvalue weighted by atomic mass is 9.63. The van der Waals surface area contributed by atoms with Gasteiger partial charge in [0.25, 0.3) is 0 Å². The number of carbonyl (C=O) groups is 2. The maximum absolute atomic E-state index is 12.9. The molecule has 0 unspecified atom stereocenters. The molecular weight excluding hydrogens is 298 g/mol. The van der Waals surface area contributed by atoms with Crippen molar-refractivity contribution in [3.63, 3.8) is 0 Å². The molecular formula is C18H16ClNO2. The largest absolute Gasteiger partial charge is 0.274 e. The molecule has 1 heterocycles. The molecule has 0 aromatic heterocycles. The molecule has 4 heteroatoms. The molecule has 3 fully saturated rings. The molecule has 2 bridgehead atoms. The second kappa shape index (κ2) is 4.02. The smallest absolute Gasteiger partial charge is 0.238 e. The fourth-order valence-electron chi connectivity index (χ4n) is 4.93. The molecule has 6 rings (SSSR count). The van der Waals surface area contributed by atoms with Crippen LogP contribution in [0.2, 0.25) is 5.02 Å². The second-order valence-electron chi connectivity index (χ2n) is 7.10. The van der Waals surface area contributed by atoms with Gasteiger partial charge in [-0.25, -0.2) is 4.90 Å². The molecule has 0 radical (unpaired) electrons. The van der Waals surface area contributed by atoms with Crippen molar-refractivity contribution in [2.24, 2.45) is 35.5 Å². The zero-order valence-electron chi connectivity index (χ0n) is 12.2. The van der Waals surface area contributed by atoms with Crippen LogP contribution in [0.15, 0.2) is 30.4 Å². The molecule has 2 saturated carbocycles. The summed E-state index contributed by atoms with van der Waals surface area (Å²) in [4.78, 5) is 27.2. The van der Waals surface area contributed by atoms with Gasteiger partial charge in [-0.05, 0) is 54.7 Å². The number of hydrogen-bond acceptors (Lipinski definition) is 2. The van der Waals surface area contributed by atoms with Gasteiger partial charge in [0.1, 0.15) is 0 Å². The van der Waals surface area contributed by atoms with Gasteiger partial charge < -0.3 is 0 Å². The first-order valence-electron chi connectivity index (χ1n) is 7.90. The Morgan fingerprint density at radius 2 is 1.64 bits per heavy atom. The molecule has 22 heavy (non-hydrogen) atoms. The molecule has 0 N–H and O–H groups in total. The van der Waals surface area contributed by atoms with Crippen molar-refractivity contribution in [2.75, 3.05) is 4.90 Å². The molecule has 5 aliphatic rings. The van der Waals surface area contributed by atoms with E-state index < -0.39 is 0 Å². The molecule has 3 nitrogen and oxygen atoms in total. The average Bonchev–Trinajstić information content (AvgIpc) is 3.28. The quantitative estimate of drug-likeness (QED) is 0.590. The minimum atomic E-state index is -0.147. The number of allylic oxidation sites excluding steroid dienone is 2. The highest BCUT2D eigenvalue weighted by Crippen LogP contribution is 2.65. The number of aryl methyl sites for hydroxylation is 1. The fourth-order valence-corrected chi connectivity index (χ4v) is 5.11. The van der Waals surface area contributed by atoms with Gasteiger partial charge in [-0.3, -0.25) is 9.59 Å². The Hall–Kier alpha value is -1.61. The molecule has 112 valence electrons. The highest BCUT2D eigenvalue weighted by atomic mass is 35.5. The van der Waals surface area contributed by atoms with E-state index in [9.17, 15) is 9.59 Å². The number of carbonyl (C=O) groups excluding carboxylic acids is 2. The van der Waals surface area contributed by atoms with Crippen LogP contribution in [-0.4, -0.2) is 11.8 Å². The minimum absolute atomic E-state index is 0.0281. The third-order valence-electron chi connectivity index (χ3n) is 6.08. The Bertz CT molecular complexity index is 719. The highest BCUT2D eigenvalue weighted by molar-refractivity contribution is 6.32. The summed E-state index contributed by atoms with van der Waals surface area (Å²) >= 11 is 6.18. The number of halogens is 1. The third-order valence-corrected chi connectivity index (χ3v) is 6.48. The molecule has 2 amide bonds. The van der Waals surface area contributed by atoms with Crippen molar-refractivity contribution < 1.29 is 9.59 Å². The van der Waals surface area contributed by atoms with E-state index in [1.165, 1.54) is 11.3 Å². The second-order valence-corrected chi connectivity index (χ2v) is 7.51. The summed E-state index contributed by atoms with van der Waals surface area (Å²) in [6.45, 7) is 1.91. The van der Waals surface area contributed by atoms with Gasteiger partial charge in [0.05, 0.1) is 17.5 Å². The lowest BCUT2D eigenvalue weighted by Crippen LogP contribution is -2.40. The minimum Gasteiger partial charge on any atom is -0.274 e. The molecule has 1 aromatic rings. The molecule has 6 atom stereocenters. The zero-order valence-corrected chi connectivity index (χ0v) is 13.0. The lowest BCUT2D eigenvalue weighted by Gasteiger charge is -2.37. The molecule has 4 aliphatic carbocycles. The normalized spacial score (nSPS) is 40.9. The molecule has 1 aliphatic heterocycles. The third kappa shape index (κ3) is 1.43. The summed E-state index contributed by atoms with van der Waals surface area (Å²) in [7, 11) is 0. The lowest BCUT2D eigenvalue weighted by molar-refractivity contribution is -0.124. The van der Waals surface area contributed by atoms with E-state index in [0.29, 0.717) is 22.5 Å². The Labute approximate surface area is 133 Å². The van der Waals surface area contributed by atoms with Gasteiger partial charge >= 0.3 is 0 Å². The van der Waals surface area contributed by atoms with Crippen LogP contribution in [0.5, 0.6) is 0 Å². The zero-order chi connectivity index (χ0) is 15.2. The monoisotopic (exact) mass is 313 g/mol. The first kappa shape index (κ1) is 12.9. The van der Waals surface area contributed by atoms with Crippen molar-refractivity contribution in [2.45, 2.75) is 13.3 Å². The first-order chi connectivity index (χ1) is 10.6. The van der Waals surface area contributed by atoms with Crippen molar-refractivity contribution in [1.82, 2.24) is 0 Å². The topological polar surface area (TPSA) is 37.4 Å². The van der Waals surface area contributed by atoms with E-state index in [1.807, 2.05) is 19.1 Å². The van der Waals surface area contributed by atoms with E-state index in [0.717, 1.165) is 5.56 Å². The van der Waals surface area contributed by atoms with E-state index >= 15 is 0 Å². The molecule has 1 aromatic carbocycles. The predicted octanol–water partition coefficient (Wildman–Crippen LogP) is 3.21. The fraction of sp³-hybridized carbons (Fsp3) is 0.444. The summed E-state index contributed by atoms with van der Waals surface area (Å²) in [6, 6.07) is 5.43. The van der Waals surface area contributed by atoms with Gasteiger partial charge in [-0.2, -0.15) is 0 Å². The van der Waals surface area contributed by atoms with E-state index in [1.54, 1.807) is 6.07 Å². The van der Waals surface area contributed by atoms with E-state index in [-0.39, 0.29) is 35.5 Å². The van der Waals surface area contributed by atoms with Crippen LogP contribution in [0.1, 0.15) is 12.0 Å². The number of amides is 2. The Morgan fingerprint density at radius 3 is 2.18 bits per heavy atom. The van der Waals surface area contributed by atoms with E-state index in [4.69, 9.17) is 11.6 Å². The van der Waals surface area contributed by atoms with Gasteiger partial charge in [-0.1, -0.05) is 29.8 Å². The Kier molecular flexibility index (Phi) is 2.35. The number of rotatable bonds is 1. The van der Waals surface area contributed by atoms with Crippen LogP contribution in [0.3, 0.4) is 0 Å². The van der Waals surface area contributed by atoms with Gasteiger partial charge in [0, 0.05) is 5.02 Å². The van der Waals surface area contributed by atoms with Crippen molar-refractivity contribution >= 4 is 29.1 Å². The van der Waals surface area contributed by atoms with Crippen molar-refractivity contribution in [3.05, 3.63) is 40.9 Å². The number of nitrogens with zero attached hydrogens (tertiary/aromatic N) is 1. The van der Waals surface area contributed by atoms with Crippen LogP contribution < -0.4 is 4.90 Å². The summed E-state index contributed by atoms with van der Waals surface area (Å²) in [5, 5.41) is 0.594. The van der Waals surface area contributed by atoms with Crippen molar-refractivity contribution in [1.29, 1.82) is 0 Å². The van der Waals surface area contributed by atoms with Crippen LogP contribution in [0.4, 0.5) is 5.69 Å². The summed E-state index contributed by atoms with van der Waals surface area (Å²) in [5.74, 6) is 1.45. The van der Waals surface area contributed by atoms with Crippen LogP contribution >= 0.6 is 11.6 Å². The maximum Gasteiger partial charge on any atom is 0.238 e. The number of anilines is 1. The Morgan fingerprint density at radius 1 is 1.05 bits per heavy atom. The van der Waals surface area contributed by atoms with Gasteiger partial charge in [-0.15, -0.1) is 0 Å². The predicted molar refractivity (Wildman–Crippen MR) is 83.4 cm³/mol. The van der Waals surface area contributed by atoms with Crippen LogP contribution in [-0.2, 0) is 9.59 Å². The number of imide groups is 1. The SMILES string of the molecule is Cc1ccc(N2C(=O)[C@@H]3[C@@H]4C=C[C@@H]([C@@H]5C[C@H]45)[C@@H]3C2=O)cc1Cl. The molecule has 0 spiro atoms. The highest BCUT2D eigenvalue weighted by Gasteiger charge is 2.67. The first-order valence-corrected chi connectivity index (χ1v) is 8.28.